The van der Waals surface area contributed by atoms with Gasteiger partial charge in [-0.3, -0.25) is 4.79 Å². The largest absolute Gasteiger partial charge is 0.480 e. The molecule has 6 nitrogen and oxygen atoms in total. The molecule has 16 heavy (non-hydrogen) atoms. The molecule has 1 N–H and O–H groups in total. The van der Waals surface area contributed by atoms with Gasteiger partial charge in [0, 0.05) is 19.6 Å². The van der Waals surface area contributed by atoms with Crippen molar-refractivity contribution in [2.75, 3.05) is 20.1 Å². The second-order valence-electron chi connectivity index (χ2n) is 4.56. The van der Waals surface area contributed by atoms with Gasteiger partial charge in [0.15, 0.2) is 0 Å². The molecular formula is C9H16N2O4S. The molecule has 0 radical (unpaired) electrons. The summed E-state index contributed by atoms with van der Waals surface area (Å²) in [6.07, 6.45) is 2.93. The minimum atomic E-state index is -3.58. The Morgan fingerprint density at radius 2 is 2.19 bits per heavy atom. The zero-order chi connectivity index (χ0) is 11.9. The van der Waals surface area contributed by atoms with E-state index in [0.29, 0.717) is 12.5 Å². The topological polar surface area (TPSA) is 77.9 Å². The third kappa shape index (κ3) is 1.94. The summed E-state index contributed by atoms with van der Waals surface area (Å²) in [6.45, 7) is 0.0766. The first-order chi connectivity index (χ1) is 7.41. The van der Waals surface area contributed by atoms with Gasteiger partial charge in [0.25, 0.3) is 10.2 Å². The van der Waals surface area contributed by atoms with Crippen molar-refractivity contribution < 1.29 is 18.3 Å². The summed E-state index contributed by atoms with van der Waals surface area (Å²) in [5.74, 6) is -0.659. The van der Waals surface area contributed by atoms with E-state index in [1.807, 2.05) is 0 Å². The molecule has 1 aliphatic carbocycles. The number of rotatable bonds is 4. The second kappa shape index (κ2) is 3.97. The lowest BCUT2D eigenvalue weighted by Gasteiger charge is -2.29. The third-order valence-corrected chi connectivity index (χ3v) is 5.36. The van der Waals surface area contributed by atoms with Crippen LogP contribution < -0.4 is 0 Å². The van der Waals surface area contributed by atoms with Crippen molar-refractivity contribution in [3.8, 4) is 0 Å². The molecule has 7 heteroatoms. The molecule has 2 bridgehead atoms. The van der Waals surface area contributed by atoms with Gasteiger partial charge >= 0.3 is 5.97 Å². The van der Waals surface area contributed by atoms with Crippen LogP contribution in [0.4, 0.5) is 0 Å². The molecule has 0 amide bonds. The molecule has 1 saturated carbocycles. The van der Waals surface area contributed by atoms with E-state index >= 15 is 0 Å². The Morgan fingerprint density at radius 3 is 2.62 bits per heavy atom. The molecule has 2 atom stereocenters. The number of fused-ring (bicyclic) bond motifs is 2. The van der Waals surface area contributed by atoms with Gasteiger partial charge in [0.2, 0.25) is 0 Å². The fourth-order valence-corrected chi connectivity index (χ4v) is 4.21. The van der Waals surface area contributed by atoms with E-state index in [1.54, 1.807) is 0 Å². The lowest BCUT2D eigenvalue weighted by molar-refractivity contribution is -0.137. The molecule has 2 unspecified atom stereocenters. The van der Waals surface area contributed by atoms with Gasteiger partial charge in [0.1, 0.15) is 6.54 Å². The molecule has 0 aromatic carbocycles. The number of likely N-dealkylation sites (N-methyl/N-ethyl adjacent to an activating group) is 1. The number of carboxylic acid groups (broad SMARTS) is 1. The fraction of sp³-hybridized carbons (Fsp3) is 0.889. The maximum atomic E-state index is 12.0. The highest BCUT2D eigenvalue weighted by Gasteiger charge is 2.45. The number of carboxylic acids is 1. The van der Waals surface area contributed by atoms with Crippen LogP contribution in [-0.2, 0) is 15.0 Å². The van der Waals surface area contributed by atoms with Crippen molar-refractivity contribution in [2.24, 2.45) is 5.92 Å². The first-order valence-corrected chi connectivity index (χ1v) is 6.76. The van der Waals surface area contributed by atoms with Gasteiger partial charge in [-0.15, -0.1) is 0 Å². The van der Waals surface area contributed by atoms with Gasteiger partial charge in [0.05, 0.1) is 0 Å². The van der Waals surface area contributed by atoms with Crippen molar-refractivity contribution in [2.45, 2.75) is 25.3 Å². The quantitative estimate of drug-likeness (QED) is 0.743. The first kappa shape index (κ1) is 11.8. The van der Waals surface area contributed by atoms with E-state index in [1.165, 1.54) is 11.4 Å². The molecule has 0 aromatic rings. The van der Waals surface area contributed by atoms with Crippen molar-refractivity contribution >= 4 is 16.2 Å². The van der Waals surface area contributed by atoms with Crippen molar-refractivity contribution in [3.63, 3.8) is 0 Å². The first-order valence-electron chi connectivity index (χ1n) is 5.36. The lowest BCUT2D eigenvalue weighted by atomic mass is 10.1. The van der Waals surface area contributed by atoms with E-state index in [4.69, 9.17) is 5.11 Å². The maximum Gasteiger partial charge on any atom is 0.318 e. The van der Waals surface area contributed by atoms with E-state index in [0.717, 1.165) is 23.6 Å². The van der Waals surface area contributed by atoms with Crippen molar-refractivity contribution in [1.29, 1.82) is 0 Å². The number of aliphatic carboxylic acids is 1. The number of piperidine rings is 1. The minimum Gasteiger partial charge on any atom is -0.480 e. The van der Waals surface area contributed by atoms with E-state index in [-0.39, 0.29) is 6.04 Å². The molecule has 1 heterocycles. The summed E-state index contributed by atoms with van der Waals surface area (Å²) in [4.78, 5) is 10.5. The van der Waals surface area contributed by atoms with E-state index in [2.05, 4.69) is 0 Å². The van der Waals surface area contributed by atoms with Gasteiger partial charge in [-0.25, -0.2) is 0 Å². The number of carbonyl (C=O) groups is 1. The van der Waals surface area contributed by atoms with Crippen LogP contribution in [0.15, 0.2) is 0 Å². The van der Waals surface area contributed by atoms with Gasteiger partial charge in [-0.1, -0.05) is 0 Å². The Balaban J connectivity index is 2.10. The highest BCUT2D eigenvalue weighted by molar-refractivity contribution is 7.86. The maximum absolute atomic E-state index is 12.0. The number of hydrogen-bond donors (Lipinski definition) is 1. The predicted octanol–water partition coefficient (Wildman–Crippen LogP) is -0.268. The standard InChI is InChI=1S/C9H16N2O4S/c1-10(6-9(12)13)16(14,15)11-5-7-2-3-8(11)4-7/h7-8H,2-6H2,1H3,(H,12,13). The smallest absolute Gasteiger partial charge is 0.318 e. The molecule has 2 fully saturated rings. The lowest BCUT2D eigenvalue weighted by Crippen LogP contribution is -2.47. The highest BCUT2D eigenvalue weighted by atomic mass is 32.2. The predicted molar refractivity (Wildman–Crippen MR) is 57.0 cm³/mol. The molecular weight excluding hydrogens is 232 g/mol. The molecule has 1 aliphatic heterocycles. The Hall–Kier alpha value is -0.660. The zero-order valence-corrected chi connectivity index (χ0v) is 9.98. The van der Waals surface area contributed by atoms with Gasteiger partial charge < -0.3 is 5.11 Å². The molecule has 1 saturated heterocycles. The molecule has 2 aliphatic rings. The average Bonchev–Trinajstić information content (AvgIpc) is 2.77. The normalized spacial score (nSPS) is 30.1. The van der Waals surface area contributed by atoms with Crippen LogP contribution in [0.25, 0.3) is 0 Å². The average molecular weight is 248 g/mol. The van der Waals surface area contributed by atoms with Crippen molar-refractivity contribution in [3.05, 3.63) is 0 Å². The zero-order valence-electron chi connectivity index (χ0n) is 9.16. The van der Waals surface area contributed by atoms with E-state index < -0.39 is 22.7 Å². The van der Waals surface area contributed by atoms with Crippen LogP contribution in [0.2, 0.25) is 0 Å². The number of nitrogens with zero attached hydrogens (tertiary/aromatic N) is 2. The monoisotopic (exact) mass is 248 g/mol. The SMILES string of the molecule is CN(CC(=O)O)S(=O)(=O)N1CC2CCC1C2. The Bertz CT molecular complexity index is 394. The Morgan fingerprint density at radius 1 is 1.50 bits per heavy atom. The Kier molecular flexibility index (Phi) is 2.93. The molecule has 0 aromatic heterocycles. The Labute approximate surface area is 95.0 Å². The van der Waals surface area contributed by atoms with Crippen LogP contribution in [0.3, 0.4) is 0 Å². The highest BCUT2D eigenvalue weighted by Crippen LogP contribution is 2.39. The summed E-state index contributed by atoms with van der Waals surface area (Å²) in [6, 6.07) is 0.0891. The minimum absolute atomic E-state index is 0.0891. The van der Waals surface area contributed by atoms with E-state index in [9.17, 15) is 13.2 Å². The summed E-state index contributed by atoms with van der Waals surface area (Å²) < 4.78 is 26.5. The van der Waals surface area contributed by atoms with Crippen LogP contribution in [0.1, 0.15) is 19.3 Å². The molecule has 0 spiro atoms. The van der Waals surface area contributed by atoms with Crippen LogP contribution >= 0.6 is 0 Å². The van der Waals surface area contributed by atoms with Crippen LogP contribution in [0.5, 0.6) is 0 Å². The van der Waals surface area contributed by atoms with Gasteiger partial charge in [-0.05, 0) is 25.2 Å². The third-order valence-electron chi connectivity index (χ3n) is 3.41. The summed E-state index contributed by atoms with van der Waals surface area (Å²) in [7, 11) is -2.26. The van der Waals surface area contributed by atoms with Crippen LogP contribution in [0, 0.1) is 5.92 Å². The fourth-order valence-electron chi connectivity index (χ4n) is 2.61. The van der Waals surface area contributed by atoms with Gasteiger partial charge in [-0.2, -0.15) is 17.0 Å². The summed E-state index contributed by atoms with van der Waals surface area (Å²) >= 11 is 0. The number of hydrogen-bond acceptors (Lipinski definition) is 3. The summed E-state index contributed by atoms with van der Waals surface area (Å²) in [5.41, 5.74) is 0. The molecule has 92 valence electrons. The van der Waals surface area contributed by atoms with Crippen molar-refractivity contribution in [1.82, 2.24) is 8.61 Å². The van der Waals surface area contributed by atoms with Crippen LogP contribution in [-0.4, -0.2) is 54.3 Å². The molecule has 2 rings (SSSR count). The second-order valence-corrected chi connectivity index (χ2v) is 6.55. The summed E-state index contributed by atoms with van der Waals surface area (Å²) in [5, 5.41) is 8.60.